The molecule has 4 heterocycles. The van der Waals surface area contributed by atoms with Crippen LogP contribution in [0.25, 0.3) is 11.0 Å². The van der Waals surface area contributed by atoms with E-state index in [0.29, 0.717) is 42.9 Å². The number of imidazole rings is 1. The van der Waals surface area contributed by atoms with Crippen molar-refractivity contribution in [3.63, 3.8) is 0 Å². The third kappa shape index (κ3) is 5.16. The van der Waals surface area contributed by atoms with E-state index in [0.717, 1.165) is 13.1 Å². The first-order chi connectivity index (χ1) is 16.6. The van der Waals surface area contributed by atoms with E-state index in [2.05, 4.69) is 19.7 Å². The molecule has 3 aromatic rings. The third-order valence-corrected chi connectivity index (χ3v) is 5.75. The van der Waals surface area contributed by atoms with Gasteiger partial charge in [-0.05, 0) is 36.1 Å². The lowest BCUT2D eigenvalue weighted by molar-refractivity contribution is -0.389. The summed E-state index contributed by atoms with van der Waals surface area (Å²) in [4.78, 5) is 16.5. The summed E-state index contributed by atoms with van der Waals surface area (Å²) in [6.45, 7) is 5.84. The summed E-state index contributed by atoms with van der Waals surface area (Å²) >= 11 is 0. The molecule has 11 nitrogen and oxygen atoms in total. The number of aromatic nitrogens is 2. The van der Waals surface area contributed by atoms with E-state index < -0.39 is 16.9 Å². The van der Waals surface area contributed by atoms with E-state index in [-0.39, 0.29) is 17.6 Å². The highest BCUT2D eigenvalue weighted by atomic mass is 19.4. The predicted molar refractivity (Wildman–Crippen MR) is 116 cm³/mol. The third-order valence-electron chi connectivity index (χ3n) is 5.75. The number of rotatable bonds is 6. The van der Waals surface area contributed by atoms with Gasteiger partial charge in [-0.15, -0.1) is 13.2 Å². The van der Waals surface area contributed by atoms with E-state index in [4.69, 9.17) is 9.15 Å². The lowest BCUT2D eigenvalue weighted by Gasteiger charge is -2.36. The van der Waals surface area contributed by atoms with Crippen molar-refractivity contribution in [3.05, 3.63) is 46.3 Å². The largest absolute Gasteiger partial charge is 0.573 e. The number of fused-ring (bicyclic) bond motifs is 2. The van der Waals surface area contributed by atoms with Gasteiger partial charge in [-0.25, -0.2) is 0 Å². The molecule has 0 unspecified atom stereocenters. The van der Waals surface area contributed by atoms with Gasteiger partial charge >= 0.3 is 18.2 Å². The van der Waals surface area contributed by atoms with E-state index in [1.165, 1.54) is 30.6 Å². The van der Waals surface area contributed by atoms with Crippen molar-refractivity contribution >= 4 is 23.0 Å². The fraction of sp³-hybridized carbons (Fsp3) is 0.429. The Hall–Kier alpha value is -3.81. The number of hydrogen-bond donors (Lipinski definition) is 0. The lowest BCUT2D eigenvalue weighted by Crippen LogP contribution is -2.51. The van der Waals surface area contributed by atoms with Crippen LogP contribution in [0.1, 0.15) is 12.7 Å². The van der Waals surface area contributed by atoms with Gasteiger partial charge in [0.15, 0.2) is 0 Å². The summed E-state index contributed by atoms with van der Waals surface area (Å²) in [7, 11) is 0. The molecule has 0 aliphatic carbocycles. The SMILES string of the molecule is C[C@@]1(CN2CCN(N=Cc3cc4cc(OC(F)(F)F)ccc4o3)CC2)Cn2cc([N+](=O)[O-])nc2O1. The zero-order valence-electron chi connectivity index (χ0n) is 18.6. The highest BCUT2D eigenvalue weighted by Gasteiger charge is 2.41. The average molecular weight is 494 g/mol. The van der Waals surface area contributed by atoms with Crippen molar-refractivity contribution in [2.24, 2.45) is 5.10 Å². The van der Waals surface area contributed by atoms with Gasteiger partial charge in [-0.2, -0.15) is 5.10 Å². The Morgan fingerprint density at radius 1 is 1.29 bits per heavy atom. The van der Waals surface area contributed by atoms with E-state index in [1.54, 1.807) is 10.6 Å². The molecule has 2 aromatic heterocycles. The molecule has 2 aliphatic heterocycles. The number of hydrogen-bond acceptors (Lipinski definition) is 9. The van der Waals surface area contributed by atoms with Crippen molar-refractivity contribution in [2.45, 2.75) is 25.4 Å². The van der Waals surface area contributed by atoms with Gasteiger partial charge in [0.25, 0.3) is 0 Å². The molecule has 1 fully saturated rings. The molecule has 1 atom stereocenters. The molecular formula is C21H21F3N6O5. The second kappa shape index (κ2) is 8.45. The maximum absolute atomic E-state index is 12.4. The summed E-state index contributed by atoms with van der Waals surface area (Å²) < 4.78 is 54.4. The van der Waals surface area contributed by atoms with Crippen molar-refractivity contribution in [1.29, 1.82) is 0 Å². The van der Waals surface area contributed by atoms with E-state index >= 15 is 0 Å². The minimum absolute atomic E-state index is 0.229. The highest BCUT2D eigenvalue weighted by molar-refractivity contribution is 5.87. The fourth-order valence-corrected chi connectivity index (χ4v) is 4.29. The molecule has 0 radical (unpaired) electrons. The van der Waals surface area contributed by atoms with Crippen LogP contribution in [0.3, 0.4) is 0 Å². The van der Waals surface area contributed by atoms with Gasteiger partial charge < -0.3 is 24.0 Å². The van der Waals surface area contributed by atoms with Crippen LogP contribution in [0.15, 0.2) is 40.0 Å². The number of ether oxygens (including phenoxy) is 2. The first-order valence-corrected chi connectivity index (χ1v) is 10.8. The van der Waals surface area contributed by atoms with Gasteiger partial charge in [0.05, 0.1) is 12.8 Å². The van der Waals surface area contributed by atoms with Crippen LogP contribution in [0.2, 0.25) is 0 Å². The van der Waals surface area contributed by atoms with E-state index in [9.17, 15) is 23.3 Å². The second-order valence-corrected chi connectivity index (χ2v) is 8.69. The Kier molecular flexibility index (Phi) is 5.54. The normalized spacial score (nSPS) is 21.0. The number of furan rings is 1. The highest BCUT2D eigenvalue weighted by Crippen LogP contribution is 2.32. The number of hydrazone groups is 1. The summed E-state index contributed by atoms with van der Waals surface area (Å²) in [5.41, 5.74) is -0.104. The molecule has 0 N–H and O–H groups in total. The van der Waals surface area contributed by atoms with Crippen molar-refractivity contribution in [3.8, 4) is 11.8 Å². The van der Waals surface area contributed by atoms with Gasteiger partial charge in [0, 0.05) is 43.1 Å². The zero-order chi connectivity index (χ0) is 24.8. The maximum atomic E-state index is 12.4. The van der Waals surface area contributed by atoms with Crippen LogP contribution in [0, 0.1) is 10.1 Å². The Balaban J connectivity index is 1.14. The van der Waals surface area contributed by atoms with Crippen molar-refractivity contribution in [2.75, 3.05) is 32.7 Å². The van der Waals surface area contributed by atoms with Crippen LogP contribution >= 0.6 is 0 Å². The van der Waals surface area contributed by atoms with E-state index in [1.807, 2.05) is 11.9 Å². The van der Waals surface area contributed by atoms with Gasteiger partial charge in [0.2, 0.25) is 0 Å². The Labute approximate surface area is 196 Å². The standard InChI is InChI=1S/C21H21F3N6O5/c1-20(13-28-11-18(30(31)32)26-19(28)35-20)12-27-4-6-29(7-5-27)25-10-16-9-14-8-15(34-21(22,23)24)2-3-17(14)33-16/h2-3,8-11H,4-7,12-13H2,1H3/t20-/m1/s1. The molecule has 0 bridgehead atoms. The number of piperazine rings is 1. The minimum atomic E-state index is -4.76. The fourth-order valence-electron chi connectivity index (χ4n) is 4.29. The van der Waals surface area contributed by atoms with Gasteiger partial charge in [0.1, 0.15) is 28.9 Å². The Morgan fingerprint density at radius 2 is 2.06 bits per heavy atom. The number of alkyl halides is 3. The second-order valence-electron chi connectivity index (χ2n) is 8.69. The van der Waals surface area contributed by atoms with Crippen molar-refractivity contribution in [1.82, 2.24) is 19.5 Å². The number of nitro groups is 1. The van der Waals surface area contributed by atoms with Crippen LogP contribution in [-0.4, -0.2) is 75.3 Å². The summed E-state index contributed by atoms with van der Waals surface area (Å²) in [6, 6.07) is 5.73. The molecule has 186 valence electrons. The first-order valence-electron chi connectivity index (χ1n) is 10.8. The molecule has 14 heteroatoms. The minimum Gasteiger partial charge on any atom is -0.455 e. The zero-order valence-corrected chi connectivity index (χ0v) is 18.6. The summed E-state index contributed by atoms with van der Waals surface area (Å²) in [6.07, 6.45) is -1.84. The van der Waals surface area contributed by atoms with Gasteiger partial charge in [-0.1, -0.05) is 0 Å². The molecule has 0 amide bonds. The monoisotopic (exact) mass is 494 g/mol. The topological polar surface area (TPSA) is 111 Å². The molecule has 5 rings (SSSR count). The van der Waals surface area contributed by atoms with Crippen LogP contribution in [-0.2, 0) is 6.54 Å². The average Bonchev–Trinajstić information content (AvgIpc) is 3.42. The Morgan fingerprint density at radius 3 is 2.74 bits per heavy atom. The molecule has 2 aliphatic rings. The lowest BCUT2D eigenvalue weighted by atomic mass is 10.1. The molecule has 0 saturated carbocycles. The number of benzene rings is 1. The van der Waals surface area contributed by atoms with Crippen LogP contribution < -0.4 is 9.47 Å². The molecule has 0 spiro atoms. The first kappa shape index (κ1) is 23.0. The Bertz CT molecular complexity index is 1250. The predicted octanol–water partition coefficient (Wildman–Crippen LogP) is 3.24. The number of halogens is 3. The molecule has 1 aromatic carbocycles. The molecule has 1 saturated heterocycles. The summed E-state index contributed by atoms with van der Waals surface area (Å²) in [5.74, 6) is -0.123. The van der Waals surface area contributed by atoms with Crippen molar-refractivity contribution < 1.29 is 32.0 Å². The summed E-state index contributed by atoms with van der Waals surface area (Å²) in [5, 5.41) is 17.7. The smallest absolute Gasteiger partial charge is 0.455 e. The quantitative estimate of drug-likeness (QED) is 0.292. The maximum Gasteiger partial charge on any atom is 0.573 e. The molecule has 35 heavy (non-hydrogen) atoms. The van der Waals surface area contributed by atoms with Crippen LogP contribution in [0.5, 0.6) is 11.8 Å². The number of nitrogens with zero attached hydrogens (tertiary/aromatic N) is 6. The molecular weight excluding hydrogens is 473 g/mol. The van der Waals surface area contributed by atoms with Gasteiger partial charge in [-0.3, -0.25) is 14.5 Å². The van der Waals surface area contributed by atoms with Crippen LogP contribution in [0.4, 0.5) is 19.0 Å².